The van der Waals surface area contributed by atoms with Crippen molar-refractivity contribution in [2.75, 3.05) is 25.1 Å². The summed E-state index contributed by atoms with van der Waals surface area (Å²) >= 11 is 0. The van der Waals surface area contributed by atoms with Crippen molar-refractivity contribution < 1.29 is 13.2 Å². The van der Waals surface area contributed by atoms with Crippen LogP contribution in [0.5, 0.6) is 0 Å². The minimum absolute atomic E-state index is 0.0445. The van der Waals surface area contributed by atoms with E-state index >= 15 is 0 Å². The molecule has 1 aliphatic heterocycles. The Hall–Kier alpha value is -2.09. The summed E-state index contributed by atoms with van der Waals surface area (Å²) in [5, 5.41) is 9.26. The van der Waals surface area contributed by atoms with Gasteiger partial charge in [-0.2, -0.15) is 0 Å². The standard InChI is InChI=1S/C21H34N4O3S/c1-15(2)13-17-5-7-18(8-6-17)16(3)24-21(22-4)23-11-9-20(26)25-19-10-12-29(27,28)14-19/h5-8,15-16,19H,9-14H2,1-4H3,(H,25,26)(H2,22,23,24). The molecule has 0 spiro atoms. The molecule has 7 nitrogen and oxygen atoms in total. The molecular weight excluding hydrogens is 388 g/mol. The van der Waals surface area contributed by atoms with Crippen LogP contribution in [0.4, 0.5) is 0 Å². The molecule has 3 N–H and O–H groups in total. The Bertz CT molecular complexity index is 804. The number of hydrogen-bond acceptors (Lipinski definition) is 4. The van der Waals surface area contributed by atoms with E-state index in [4.69, 9.17) is 0 Å². The van der Waals surface area contributed by atoms with Gasteiger partial charge in [0.05, 0.1) is 17.5 Å². The molecule has 1 aliphatic rings. The number of amides is 1. The van der Waals surface area contributed by atoms with Crippen molar-refractivity contribution in [3.63, 3.8) is 0 Å². The normalized spacial score (nSPS) is 19.8. The number of nitrogens with one attached hydrogen (secondary N) is 3. The summed E-state index contributed by atoms with van der Waals surface area (Å²) in [5.74, 6) is 1.31. The quantitative estimate of drug-likeness (QED) is 0.438. The van der Waals surface area contributed by atoms with Crippen LogP contribution in [0.2, 0.25) is 0 Å². The number of carbonyl (C=O) groups is 1. The summed E-state index contributed by atoms with van der Waals surface area (Å²) in [5.41, 5.74) is 2.50. The van der Waals surface area contributed by atoms with Gasteiger partial charge in [0.2, 0.25) is 5.91 Å². The minimum Gasteiger partial charge on any atom is -0.356 e. The molecular formula is C21H34N4O3S. The monoisotopic (exact) mass is 422 g/mol. The van der Waals surface area contributed by atoms with Crippen molar-refractivity contribution in [2.45, 2.75) is 52.1 Å². The van der Waals surface area contributed by atoms with Crippen molar-refractivity contribution in [1.82, 2.24) is 16.0 Å². The Balaban J connectivity index is 1.74. The lowest BCUT2D eigenvalue weighted by Crippen LogP contribution is -2.41. The number of rotatable bonds is 8. The first kappa shape index (κ1) is 23.2. The number of sulfone groups is 1. The number of guanidine groups is 1. The topological polar surface area (TPSA) is 99.7 Å². The molecule has 162 valence electrons. The minimum atomic E-state index is -2.99. The Morgan fingerprint density at radius 2 is 1.90 bits per heavy atom. The fourth-order valence-corrected chi connectivity index (χ4v) is 5.07. The molecule has 29 heavy (non-hydrogen) atoms. The van der Waals surface area contributed by atoms with E-state index in [0.29, 0.717) is 24.8 Å². The summed E-state index contributed by atoms with van der Waals surface area (Å²) in [4.78, 5) is 16.2. The predicted octanol–water partition coefficient (Wildman–Crippen LogP) is 1.80. The SMILES string of the molecule is CN=C(NCCC(=O)NC1CCS(=O)(=O)C1)NC(C)c1ccc(CC(C)C)cc1. The maximum atomic E-state index is 12.0. The highest BCUT2D eigenvalue weighted by Crippen LogP contribution is 2.15. The van der Waals surface area contributed by atoms with Gasteiger partial charge in [-0.05, 0) is 36.8 Å². The van der Waals surface area contributed by atoms with Gasteiger partial charge >= 0.3 is 0 Å². The van der Waals surface area contributed by atoms with E-state index in [1.165, 1.54) is 11.1 Å². The van der Waals surface area contributed by atoms with E-state index in [1.54, 1.807) is 7.05 Å². The van der Waals surface area contributed by atoms with Gasteiger partial charge < -0.3 is 16.0 Å². The van der Waals surface area contributed by atoms with Crippen LogP contribution in [-0.4, -0.2) is 51.4 Å². The number of carbonyl (C=O) groups excluding carboxylic acids is 1. The first-order chi connectivity index (χ1) is 13.7. The van der Waals surface area contributed by atoms with Gasteiger partial charge in [-0.1, -0.05) is 38.1 Å². The van der Waals surface area contributed by atoms with E-state index in [2.05, 4.69) is 66.0 Å². The fourth-order valence-electron chi connectivity index (χ4n) is 3.40. The predicted molar refractivity (Wildman–Crippen MR) is 118 cm³/mol. The van der Waals surface area contributed by atoms with Crippen LogP contribution in [0.3, 0.4) is 0 Å². The average Bonchev–Trinajstić information content (AvgIpc) is 2.99. The van der Waals surface area contributed by atoms with Crippen molar-refractivity contribution in [2.24, 2.45) is 10.9 Å². The molecule has 8 heteroatoms. The average molecular weight is 423 g/mol. The van der Waals surface area contributed by atoms with Gasteiger partial charge in [0.1, 0.15) is 0 Å². The van der Waals surface area contributed by atoms with E-state index in [0.717, 1.165) is 6.42 Å². The Labute approximate surface area is 174 Å². The third kappa shape index (κ3) is 8.04. The highest BCUT2D eigenvalue weighted by molar-refractivity contribution is 7.91. The van der Waals surface area contributed by atoms with E-state index in [-0.39, 0.29) is 35.9 Å². The van der Waals surface area contributed by atoms with Gasteiger partial charge in [-0.3, -0.25) is 9.79 Å². The number of nitrogens with zero attached hydrogens (tertiary/aromatic N) is 1. The van der Waals surface area contributed by atoms with Crippen LogP contribution < -0.4 is 16.0 Å². The molecule has 1 aromatic carbocycles. The molecule has 1 fully saturated rings. The summed E-state index contributed by atoms with van der Waals surface area (Å²) in [6.07, 6.45) is 1.83. The second-order valence-electron chi connectivity index (χ2n) is 8.12. The molecule has 0 bridgehead atoms. The molecule has 0 aliphatic carbocycles. The third-order valence-corrected chi connectivity index (χ3v) is 6.71. The molecule has 0 radical (unpaired) electrons. The van der Waals surface area contributed by atoms with E-state index in [9.17, 15) is 13.2 Å². The lowest BCUT2D eigenvalue weighted by Gasteiger charge is -2.19. The maximum absolute atomic E-state index is 12.0. The van der Waals surface area contributed by atoms with Crippen molar-refractivity contribution in [3.8, 4) is 0 Å². The molecule has 0 saturated carbocycles. The molecule has 0 aromatic heterocycles. The zero-order chi connectivity index (χ0) is 21.4. The number of aliphatic imine (C=N–C) groups is 1. The smallest absolute Gasteiger partial charge is 0.222 e. The highest BCUT2D eigenvalue weighted by atomic mass is 32.2. The summed E-state index contributed by atoms with van der Waals surface area (Å²) in [7, 11) is -1.30. The Morgan fingerprint density at radius 1 is 1.21 bits per heavy atom. The van der Waals surface area contributed by atoms with Crippen LogP contribution in [0.15, 0.2) is 29.3 Å². The molecule has 1 heterocycles. The number of benzene rings is 1. The van der Waals surface area contributed by atoms with Crippen LogP contribution in [0.25, 0.3) is 0 Å². The summed E-state index contributed by atoms with van der Waals surface area (Å²) in [6, 6.07) is 8.40. The Morgan fingerprint density at radius 3 is 2.45 bits per heavy atom. The van der Waals surface area contributed by atoms with Crippen molar-refractivity contribution in [3.05, 3.63) is 35.4 Å². The lowest BCUT2D eigenvalue weighted by molar-refractivity contribution is -0.121. The third-order valence-electron chi connectivity index (χ3n) is 4.94. The molecule has 2 unspecified atom stereocenters. The van der Waals surface area contributed by atoms with Gasteiger partial charge in [0, 0.05) is 26.1 Å². The number of hydrogen-bond donors (Lipinski definition) is 3. The molecule has 2 atom stereocenters. The van der Waals surface area contributed by atoms with Gasteiger partial charge in [0.25, 0.3) is 0 Å². The van der Waals surface area contributed by atoms with Crippen molar-refractivity contribution in [1.29, 1.82) is 0 Å². The van der Waals surface area contributed by atoms with Crippen LogP contribution in [0.1, 0.15) is 50.8 Å². The second kappa shape index (κ2) is 10.6. The lowest BCUT2D eigenvalue weighted by atomic mass is 10.00. The highest BCUT2D eigenvalue weighted by Gasteiger charge is 2.28. The zero-order valence-corrected chi connectivity index (χ0v) is 18.7. The maximum Gasteiger partial charge on any atom is 0.222 e. The van der Waals surface area contributed by atoms with Gasteiger partial charge in [-0.15, -0.1) is 0 Å². The Kier molecular flexibility index (Phi) is 8.49. The molecule has 1 saturated heterocycles. The van der Waals surface area contributed by atoms with Gasteiger partial charge in [0.15, 0.2) is 15.8 Å². The van der Waals surface area contributed by atoms with E-state index < -0.39 is 9.84 Å². The first-order valence-electron chi connectivity index (χ1n) is 10.2. The van der Waals surface area contributed by atoms with Crippen LogP contribution in [-0.2, 0) is 21.1 Å². The molecule has 1 amide bonds. The van der Waals surface area contributed by atoms with Crippen LogP contribution in [0, 0.1) is 5.92 Å². The van der Waals surface area contributed by atoms with Crippen LogP contribution >= 0.6 is 0 Å². The summed E-state index contributed by atoms with van der Waals surface area (Å²) < 4.78 is 22.9. The fraction of sp³-hybridized carbons (Fsp3) is 0.619. The summed E-state index contributed by atoms with van der Waals surface area (Å²) in [6.45, 7) is 6.91. The van der Waals surface area contributed by atoms with Crippen molar-refractivity contribution >= 4 is 21.7 Å². The largest absolute Gasteiger partial charge is 0.356 e. The van der Waals surface area contributed by atoms with Gasteiger partial charge in [-0.25, -0.2) is 8.42 Å². The first-order valence-corrected chi connectivity index (χ1v) is 12.1. The van der Waals surface area contributed by atoms with E-state index in [1.807, 2.05) is 0 Å². The zero-order valence-electron chi connectivity index (χ0n) is 17.9. The second-order valence-corrected chi connectivity index (χ2v) is 10.4. The molecule has 2 rings (SSSR count). The molecule has 1 aromatic rings.